The molecule has 24 heavy (non-hydrogen) atoms. The zero-order valence-electron chi connectivity index (χ0n) is 13.6. The van der Waals surface area contributed by atoms with Crippen LogP contribution in [0.1, 0.15) is 20.1 Å². The van der Waals surface area contributed by atoms with E-state index in [1.807, 2.05) is 13.8 Å². The van der Waals surface area contributed by atoms with Gasteiger partial charge in [0.15, 0.2) is 17.4 Å². The molecule has 0 radical (unpaired) electrons. The van der Waals surface area contributed by atoms with E-state index in [1.54, 1.807) is 0 Å². The van der Waals surface area contributed by atoms with Gasteiger partial charge in [-0.1, -0.05) is 0 Å². The average Bonchev–Trinajstić information content (AvgIpc) is 3.08. The largest absolute Gasteiger partial charge is 0.479 e. The molecule has 10 heteroatoms. The first kappa shape index (κ1) is 16.8. The van der Waals surface area contributed by atoms with E-state index in [0.29, 0.717) is 17.1 Å². The average molecular weight is 339 g/mol. The van der Waals surface area contributed by atoms with Crippen LogP contribution in [0, 0.1) is 0 Å². The van der Waals surface area contributed by atoms with E-state index in [-0.39, 0.29) is 11.9 Å². The number of hydrogen-bond donors (Lipinski definition) is 4. The number of hydrogen-bond acceptors (Lipinski definition) is 9. The summed E-state index contributed by atoms with van der Waals surface area (Å²) in [6, 6.07) is 0.109. The van der Waals surface area contributed by atoms with E-state index in [9.17, 15) is 15.3 Å². The molecular formula is C14H21N5O5. The van der Waals surface area contributed by atoms with Gasteiger partial charge in [0.1, 0.15) is 18.3 Å². The Bertz CT molecular complexity index is 721. The van der Waals surface area contributed by atoms with Crippen molar-refractivity contribution in [3.05, 3.63) is 6.33 Å². The molecule has 0 unspecified atom stereocenters. The fraction of sp³-hybridized carbons (Fsp3) is 0.643. The zero-order chi connectivity index (χ0) is 17.4. The third-order valence-corrected chi connectivity index (χ3v) is 3.79. The van der Waals surface area contributed by atoms with Crippen molar-refractivity contribution >= 4 is 17.1 Å². The molecule has 10 nitrogen and oxygen atoms in total. The van der Waals surface area contributed by atoms with Gasteiger partial charge in [-0.3, -0.25) is 4.57 Å². The van der Waals surface area contributed by atoms with Crippen LogP contribution < -0.4 is 10.1 Å². The van der Waals surface area contributed by atoms with Crippen LogP contribution in [0.4, 0.5) is 5.95 Å². The molecule has 1 fully saturated rings. The topological polar surface area (TPSA) is 135 Å². The maximum absolute atomic E-state index is 10.2. The molecular weight excluding hydrogens is 318 g/mol. The number of anilines is 1. The van der Waals surface area contributed by atoms with E-state index in [4.69, 9.17) is 9.47 Å². The number of aliphatic hydroxyl groups is 3. The second kappa shape index (κ2) is 6.48. The first-order valence-corrected chi connectivity index (χ1v) is 7.63. The molecule has 0 bridgehead atoms. The Morgan fingerprint density at radius 3 is 2.67 bits per heavy atom. The van der Waals surface area contributed by atoms with E-state index in [0.717, 1.165) is 0 Å². The number of aromatic nitrogens is 4. The van der Waals surface area contributed by atoms with Crippen LogP contribution in [0.5, 0.6) is 5.88 Å². The van der Waals surface area contributed by atoms with E-state index >= 15 is 0 Å². The Balaban J connectivity index is 2.06. The monoisotopic (exact) mass is 339 g/mol. The highest BCUT2D eigenvalue weighted by molar-refractivity contribution is 5.78. The summed E-state index contributed by atoms with van der Waals surface area (Å²) in [5.74, 6) is 0.636. The van der Waals surface area contributed by atoms with Gasteiger partial charge in [0.05, 0.1) is 20.0 Å². The Morgan fingerprint density at radius 1 is 1.33 bits per heavy atom. The minimum absolute atomic E-state index is 0.109. The number of imidazole rings is 1. The molecule has 3 rings (SSSR count). The normalized spacial score (nSPS) is 27.1. The molecule has 0 saturated carbocycles. The quantitative estimate of drug-likeness (QED) is 0.556. The lowest BCUT2D eigenvalue weighted by Gasteiger charge is -2.17. The molecule has 132 valence electrons. The van der Waals surface area contributed by atoms with Gasteiger partial charge >= 0.3 is 0 Å². The number of nitrogens with zero attached hydrogens (tertiary/aromatic N) is 4. The van der Waals surface area contributed by atoms with E-state index < -0.39 is 31.1 Å². The van der Waals surface area contributed by atoms with Crippen molar-refractivity contribution in [1.29, 1.82) is 0 Å². The Kier molecular flexibility index (Phi) is 4.54. The molecule has 2 aromatic heterocycles. The van der Waals surface area contributed by atoms with E-state index in [1.165, 1.54) is 18.0 Å². The lowest BCUT2D eigenvalue weighted by molar-refractivity contribution is -0.0511. The highest BCUT2D eigenvalue weighted by atomic mass is 16.6. The number of fused-ring (bicyclic) bond motifs is 1. The Labute approximate surface area is 138 Å². The number of rotatable bonds is 5. The van der Waals surface area contributed by atoms with Gasteiger partial charge < -0.3 is 30.1 Å². The molecule has 1 aliphatic heterocycles. The SMILES string of the molecule is COc1nc(NC(C)C)nc2c1ncn2[C@@H]1O[C@H](CO)[C@@H](O)[C@H]1O. The van der Waals surface area contributed by atoms with Crippen molar-refractivity contribution in [2.24, 2.45) is 0 Å². The molecule has 1 saturated heterocycles. The third-order valence-electron chi connectivity index (χ3n) is 3.79. The van der Waals surface area contributed by atoms with Crippen LogP contribution in [0.25, 0.3) is 11.2 Å². The standard InChI is InChI=1S/C14H21N5O5/c1-6(2)16-14-17-11-8(12(18-14)23-3)15-5-19(11)13-10(22)9(21)7(4-20)24-13/h5-7,9-10,13,20-22H,4H2,1-3H3,(H,16,17,18)/t7-,9-,10-,13-/m1/s1. The van der Waals surface area contributed by atoms with Crippen molar-refractivity contribution in [3.63, 3.8) is 0 Å². The molecule has 0 amide bonds. The number of aliphatic hydroxyl groups excluding tert-OH is 3. The number of methoxy groups -OCH3 is 1. The first-order valence-electron chi connectivity index (χ1n) is 7.63. The fourth-order valence-electron chi connectivity index (χ4n) is 2.65. The lowest BCUT2D eigenvalue weighted by Crippen LogP contribution is -2.33. The minimum Gasteiger partial charge on any atom is -0.479 e. The summed E-state index contributed by atoms with van der Waals surface area (Å²) >= 11 is 0. The van der Waals surface area contributed by atoms with Gasteiger partial charge in [-0.25, -0.2) is 4.98 Å². The van der Waals surface area contributed by atoms with Gasteiger partial charge in [0, 0.05) is 6.04 Å². The van der Waals surface area contributed by atoms with Crippen molar-refractivity contribution in [3.8, 4) is 5.88 Å². The Hall–Kier alpha value is -2.01. The molecule has 1 aliphatic rings. The Morgan fingerprint density at radius 2 is 2.08 bits per heavy atom. The predicted octanol–water partition coefficient (Wildman–Crippen LogP) is -0.733. The summed E-state index contributed by atoms with van der Waals surface area (Å²) in [6.45, 7) is 3.49. The van der Waals surface area contributed by atoms with Crippen molar-refractivity contribution in [2.75, 3.05) is 19.0 Å². The van der Waals surface area contributed by atoms with Gasteiger partial charge in [-0.15, -0.1) is 0 Å². The molecule has 4 N–H and O–H groups in total. The number of ether oxygens (including phenoxy) is 2. The lowest BCUT2D eigenvalue weighted by atomic mass is 10.1. The van der Waals surface area contributed by atoms with Crippen molar-refractivity contribution < 1.29 is 24.8 Å². The molecule has 0 aromatic carbocycles. The fourth-order valence-corrected chi connectivity index (χ4v) is 2.65. The molecule has 3 heterocycles. The zero-order valence-corrected chi connectivity index (χ0v) is 13.6. The van der Waals surface area contributed by atoms with Crippen LogP contribution in [-0.4, -0.2) is 72.9 Å². The van der Waals surface area contributed by atoms with Crippen molar-refractivity contribution in [2.45, 2.75) is 44.4 Å². The molecule has 2 aromatic rings. The predicted molar refractivity (Wildman–Crippen MR) is 83.6 cm³/mol. The summed E-state index contributed by atoms with van der Waals surface area (Å²) in [7, 11) is 1.48. The first-order chi connectivity index (χ1) is 11.5. The van der Waals surface area contributed by atoms with Crippen LogP contribution in [-0.2, 0) is 4.74 Å². The minimum atomic E-state index is -1.22. The second-order valence-electron chi connectivity index (χ2n) is 5.91. The maximum Gasteiger partial charge on any atom is 0.246 e. The highest BCUT2D eigenvalue weighted by Crippen LogP contribution is 2.33. The van der Waals surface area contributed by atoms with Gasteiger partial charge in [-0.05, 0) is 13.8 Å². The summed E-state index contributed by atoms with van der Waals surface area (Å²) < 4.78 is 12.3. The molecule has 0 aliphatic carbocycles. The summed E-state index contributed by atoms with van der Waals surface area (Å²) in [4.78, 5) is 12.9. The summed E-state index contributed by atoms with van der Waals surface area (Å²) in [5, 5.41) is 32.5. The summed E-state index contributed by atoms with van der Waals surface area (Å²) in [6.07, 6.45) is -2.79. The van der Waals surface area contributed by atoms with E-state index in [2.05, 4.69) is 20.3 Å². The second-order valence-corrected chi connectivity index (χ2v) is 5.91. The van der Waals surface area contributed by atoms with Crippen LogP contribution in [0.3, 0.4) is 0 Å². The van der Waals surface area contributed by atoms with Crippen LogP contribution in [0.2, 0.25) is 0 Å². The summed E-state index contributed by atoms with van der Waals surface area (Å²) in [5.41, 5.74) is 0.796. The van der Waals surface area contributed by atoms with Gasteiger partial charge in [-0.2, -0.15) is 9.97 Å². The number of nitrogens with one attached hydrogen (secondary N) is 1. The third kappa shape index (κ3) is 2.77. The van der Waals surface area contributed by atoms with Gasteiger partial charge in [0.2, 0.25) is 11.8 Å². The van der Waals surface area contributed by atoms with Crippen LogP contribution >= 0.6 is 0 Å². The molecule has 4 atom stereocenters. The van der Waals surface area contributed by atoms with Crippen molar-refractivity contribution in [1.82, 2.24) is 19.5 Å². The van der Waals surface area contributed by atoms with Crippen LogP contribution in [0.15, 0.2) is 6.33 Å². The highest BCUT2D eigenvalue weighted by Gasteiger charge is 2.44. The maximum atomic E-state index is 10.2. The van der Waals surface area contributed by atoms with Gasteiger partial charge in [0.25, 0.3) is 0 Å². The molecule has 0 spiro atoms. The smallest absolute Gasteiger partial charge is 0.246 e.